The summed E-state index contributed by atoms with van der Waals surface area (Å²) < 4.78 is 6.45. The van der Waals surface area contributed by atoms with Gasteiger partial charge in [0.05, 0.1) is 5.60 Å². The number of ether oxygens (including phenoxy) is 1. The number of rotatable bonds is 6. The molecule has 1 atom stereocenters. The first-order valence-electron chi connectivity index (χ1n) is 10.7. The third-order valence-electron chi connectivity index (χ3n) is 6.59. The minimum atomic E-state index is 0.0704. The van der Waals surface area contributed by atoms with Crippen molar-refractivity contribution >= 4 is 11.6 Å². The Morgan fingerprint density at radius 1 is 1.04 bits per heavy atom. The number of hydrogen-bond acceptors (Lipinski definition) is 3. The van der Waals surface area contributed by atoms with Gasteiger partial charge in [-0.2, -0.15) is 0 Å². The molecule has 3 nitrogen and oxygen atoms in total. The van der Waals surface area contributed by atoms with Crippen LogP contribution in [0, 0.1) is 0 Å². The second-order valence-corrected chi connectivity index (χ2v) is 9.01. The molecule has 1 aliphatic heterocycles. The summed E-state index contributed by atoms with van der Waals surface area (Å²) in [6.45, 7) is 2.71. The molecule has 1 saturated carbocycles. The van der Waals surface area contributed by atoms with Crippen molar-refractivity contribution in [1.82, 2.24) is 10.3 Å². The predicted molar refractivity (Wildman–Crippen MR) is 115 cm³/mol. The lowest BCUT2D eigenvalue weighted by atomic mass is 9.69. The Kier molecular flexibility index (Phi) is 6.35. The second-order valence-electron chi connectivity index (χ2n) is 8.57. The van der Waals surface area contributed by atoms with E-state index in [1.165, 1.54) is 36.9 Å². The topological polar surface area (TPSA) is 34.2 Å². The molecule has 2 heterocycles. The van der Waals surface area contributed by atoms with Crippen LogP contribution in [0.5, 0.6) is 0 Å². The van der Waals surface area contributed by atoms with E-state index in [-0.39, 0.29) is 11.0 Å². The van der Waals surface area contributed by atoms with Gasteiger partial charge in [0.15, 0.2) is 0 Å². The van der Waals surface area contributed by atoms with Crippen LogP contribution in [0.2, 0.25) is 5.02 Å². The molecule has 1 aliphatic carbocycles. The molecule has 0 radical (unpaired) electrons. The Bertz CT molecular complexity index is 760. The van der Waals surface area contributed by atoms with Crippen molar-refractivity contribution in [3.05, 3.63) is 64.9 Å². The van der Waals surface area contributed by atoms with E-state index in [2.05, 4.69) is 23.5 Å². The van der Waals surface area contributed by atoms with E-state index in [0.717, 1.165) is 50.4 Å². The van der Waals surface area contributed by atoms with Gasteiger partial charge in [0, 0.05) is 35.5 Å². The van der Waals surface area contributed by atoms with Gasteiger partial charge in [-0.3, -0.25) is 4.98 Å². The monoisotopic (exact) mass is 398 g/mol. The fourth-order valence-electron chi connectivity index (χ4n) is 5.24. The van der Waals surface area contributed by atoms with E-state index in [1.54, 1.807) is 0 Å². The zero-order chi connectivity index (χ0) is 19.3. The van der Waals surface area contributed by atoms with E-state index in [4.69, 9.17) is 21.3 Å². The van der Waals surface area contributed by atoms with Crippen molar-refractivity contribution in [1.29, 1.82) is 0 Å². The number of pyridine rings is 1. The molecule has 2 aliphatic rings. The van der Waals surface area contributed by atoms with Crippen LogP contribution in [-0.4, -0.2) is 23.7 Å². The molecule has 2 aromatic rings. The molecule has 0 bridgehead atoms. The van der Waals surface area contributed by atoms with Gasteiger partial charge in [-0.05, 0) is 74.9 Å². The molecule has 1 aromatic heterocycles. The van der Waals surface area contributed by atoms with E-state index in [0.29, 0.717) is 0 Å². The molecule has 1 N–H and O–H groups in total. The maximum absolute atomic E-state index is 6.45. The van der Waals surface area contributed by atoms with Crippen LogP contribution in [0.15, 0.2) is 48.7 Å². The summed E-state index contributed by atoms with van der Waals surface area (Å²) in [6.07, 6.45) is 11.4. The van der Waals surface area contributed by atoms with Crippen molar-refractivity contribution in [3.8, 4) is 0 Å². The molecule has 28 heavy (non-hydrogen) atoms. The Morgan fingerprint density at radius 2 is 1.93 bits per heavy atom. The fraction of sp³-hybridized carbons (Fsp3) is 0.542. The minimum absolute atomic E-state index is 0.0704. The molecule has 0 amide bonds. The minimum Gasteiger partial charge on any atom is -0.375 e. The van der Waals surface area contributed by atoms with Crippen molar-refractivity contribution in [2.75, 3.05) is 13.2 Å². The summed E-state index contributed by atoms with van der Waals surface area (Å²) in [5.41, 5.74) is 2.65. The van der Waals surface area contributed by atoms with Gasteiger partial charge in [-0.25, -0.2) is 0 Å². The average Bonchev–Trinajstić information content (AvgIpc) is 3.08. The zero-order valence-electron chi connectivity index (χ0n) is 16.6. The first-order chi connectivity index (χ1) is 13.7. The highest BCUT2D eigenvalue weighted by Crippen LogP contribution is 2.48. The summed E-state index contributed by atoms with van der Waals surface area (Å²) in [5.74, 6) is 0. The van der Waals surface area contributed by atoms with Crippen LogP contribution >= 0.6 is 11.6 Å². The largest absolute Gasteiger partial charge is 0.375 e. The average molecular weight is 399 g/mol. The smallest absolute Gasteiger partial charge is 0.0691 e. The van der Waals surface area contributed by atoms with Gasteiger partial charge in [-0.1, -0.05) is 42.6 Å². The molecule has 4 heteroatoms. The van der Waals surface area contributed by atoms with Crippen molar-refractivity contribution < 1.29 is 4.74 Å². The second kappa shape index (κ2) is 8.94. The third kappa shape index (κ3) is 4.59. The molecule has 1 aromatic carbocycles. The number of halogens is 1. The number of nitrogens with zero attached hydrogens (tertiary/aromatic N) is 1. The summed E-state index contributed by atoms with van der Waals surface area (Å²) in [4.78, 5) is 4.82. The molecule has 1 unspecified atom stereocenters. The summed E-state index contributed by atoms with van der Waals surface area (Å²) in [5, 5.41) is 4.44. The SMILES string of the molecule is Clc1cccc(CNCCC2(c3ccccn3)CCCOC3(CCCC3)C2)c1. The van der Waals surface area contributed by atoms with Gasteiger partial charge >= 0.3 is 0 Å². The molecular formula is C24H31ClN2O. The van der Waals surface area contributed by atoms with Gasteiger partial charge in [-0.15, -0.1) is 0 Å². The van der Waals surface area contributed by atoms with E-state index < -0.39 is 0 Å². The summed E-state index contributed by atoms with van der Waals surface area (Å²) in [7, 11) is 0. The third-order valence-corrected chi connectivity index (χ3v) is 6.83. The summed E-state index contributed by atoms with van der Waals surface area (Å²) in [6, 6.07) is 14.5. The van der Waals surface area contributed by atoms with Gasteiger partial charge in [0.1, 0.15) is 0 Å². The fourth-order valence-corrected chi connectivity index (χ4v) is 5.45. The van der Waals surface area contributed by atoms with Crippen LogP contribution in [0.25, 0.3) is 0 Å². The van der Waals surface area contributed by atoms with Crippen molar-refractivity contribution in [2.45, 2.75) is 68.9 Å². The summed E-state index contributed by atoms with van der Waals surface area (Å²) >= 11 is 6.12. The predicted octanol–water partition coefficient (Wildman–Crippen LogP) is 5.67. The Morgan fingerprint density at radius 3 is 2.71 bits per heavy atom. The van der Waals surface area contributed by atoms with E-state index >= 15 is 0 Å². The van der Waals surface area contributed by atoms with Crippen LogP contribution in [0.3, 0.4) is 0 Å². The Labute approximate surface area is 173 Å². The van der Waals surface area contributed by atoms with E-state index in [1.807, 2.05) is 30.5 Å². The lowest BCUT2D eigenvalue weighted by molar-refractivity contribution is -0.0460. The standard InChI is InChI=1S/C24H31ClN2O/c25-21-8-5-7-20(17-21)18-26-15-13-23(22-9-1-4-14-27-22)10-6-16-28-24(19-23)11-2-3-12-24/h1,4-5,7-9,14,17,26H,2-3,6,10-13,15-16,18-19H2. The Balaban J connectivity index is 1.49. The van der Waals surface area contributed by atoms with Crippen molar-refractivity contribution in [2.24, 2.45) is 0 Å². The lowest BCUT2D eigenvalue weighted by Gasteiger charge is -2.39. The maximum Gasteiger partial charge on any atom is 0.0691 e. The highest BCUT2D eigenvalue weighted by Gasteiger charge is 2.46. The van der Waals surface area contributed by atoms with Crippen LogP contribution in [0.4, 0.5) is 0 Å². The molecule has 4 rings (SSSR count). The van der Waals surface area contributed by atoms with Crippen LogP contribution in [-0.2, 0) is 16.7 Å². The molecule has 150 valence electrons. The molecule has 1 spiro atoms. The lowest BCUT2D eigenvalue weighted by Crippen LogP contribution is -2.40. The molecule has 2 fully saturated rings. The highest BCUT2D eigenvalue weighted by atomic mass is 35.5. The van der Waals surface area contributed by atoms with Crippen LogP contribution < -0.4 is 5.32 Å². The first-order valence-corrected chi connectivity index (χ1v) is 11.1. The molecule has 1 saturated heterocycles. The number of aromatic nitrogens is 1. The van der Waals surface area contributed by atoms with Gasteiger partial charge in [0.2, 0.25) is 0 Å². The van der Waals surface area contributed by atoms with Crippen LogP contribution in [0.1, 0.15) is 62.6 Å². The first kappa shape index (κ1) is 19.9. The zero-order valence-corrected chi connectivity index (χ0v) is 17.4. The van der Waals surface area contributed by atoms with E-state index in [9.17, 15) is 0 Å². The highest BCUT2D eigenvalue weighted by molar-refractivity contribution is 6.30. The maximum atomic E-state index is 6.45. The molecular weight excluding hydrogens is 368 g/mol. The van der Waals surface area contributed by atoms with Gasteiger partial charge < -0.3 is 10.1 Å². The number of nitrogens with one attached hydrogen (secondary N) is 1. The number of benzene rings is 1. The quantitative estimate of drug-likeness (QED) is 0.637. The number of hydrogen-bond donors (Lipinski definition) is 1. The van der Waals surface area contributed by atoms with Crippen molar-refractivity contribution in [3.63, 3.8) is 0 Å². The van der Waals surface area contributed by atoms with Gasteiger partial charge in [0.25, 0.3) is 0 Å². The Hall–Kier alpha value is -1.42. The normalized spacial score (nSPS) is 24.3.